The van der Waals surface area contributed by atoms with Crippen molar-refractivity contribution >= 4 is 15.9 Å². The molecule has 0 radical (unpaired) electrons. The van der Waals surface area contributed by atoms with E-state index >= 15 is 0 Å². The van der Waals surface area contributed by atoms with Crippen LogP contribution in [0.1, 0.15) is 19.3 Å². The quantitative estimate of drug-likeness (QED) is 0.640. The van der Waals surface area contributed by atoms with Crippen LogP contribution in [-0.4, -0.2) is 51.4 Å². The summed E-state index contributed by atoms with van der Waals surface area (Å²) in [6.45, 7) is 1.18. The average Bonchev–Trinajstić information content (AvgIpc) is 2.83. The SMILES string of the molecule is O=C(O)NC/C=C\S(=O)(=O)CCCCC1OCCO1. The molecule has 2 N–H and O–H groups in total. The summed E-state index contributed by atoms with van der Waals surface area (Å²) in [6.07, 6.45) is 1.84. The molecule has 1 aliphatic rings. The second-order valence-corrected chi connectivity index (χ2v) is 6.10. The van der Waals surface area contributed by atoms with E-state index in [4.69, 9.17) is 14.6 Å². The maximum absolute atomic E-state index is 11.5. The van der Waals surface area contributed by atoms with Gasteiger partial charge in [0.05, 0.1) is 19.0 Å². The lowest BCUT2D eigenvalue weighted by molar-refractivity contribution is -0.0477. The van der Waals surface area contributed by atoms with E-state index in [1.54, 1.807) is 0 Å². The Morgan fingerprint density at radius 1 is 1.32 bits per heavy atom. The number of carboxylic acid groups (broad SMARTS) is 1. The maximum Gasteiger partial charge on any atom is 0.404 e. The van der Waals surface area contributed by atoms with Crippen molar-refractivity contribution in [2.24, 2.45) is 0 Å². The summed E-state index contributed by atoms with van der Waals surface area (Å²) in [7, 11) is -3.27. The Bertz CT molecular complexity index is 399. The van der Waals surface area contributed by atoms with Crippen LogP contribution in [0.5, 0.6) is 0 Å². The Morgan fingerprint density at radius 2 is 2.00 bits per heavy atom. The van der Waals surface area contributed by atoms with Crippen LogP contribution in [0.2, 0.25) is 0 Å². The maximum atomic E-state index is 11.5. The summed E-state index contributed by atoms with van der Waals surface area (Å²) in [5, 5.41) is 11.4. The number of carbonyl (C=O) groups is 1. The van der Waals surface area contributed by atoms with Gasteiger partial charge in [0.2, 0.25) is 0 Å². The van der Waals surface area contributed by atoms with Crippen molar-refractivity contribution in [3.05, 3.63) is 11.5 Å². The standard InChI is InChI=1S/C11H19NO6S/c13-11(14)12-5-3-9-19(15,16)8-2-1-4-10-17-6-7-18-10/h3,9-10,12H,1-2,4-8H2,(H,13,14)/b9-3-. The molecule has 1 amide bonds. The normalized spacial score (nSPS) is 17.1. The fourth-order valence-corrected chi connectivity index (χ4v) is 2.73. The number of hydrogen-bond donors (Lipinski definition) is 2. The zero-order chi connectivity index (χ0) is 14.1. The average molecular weight is 293 g/mol. The van der Waals surface area contributed by atoms with Crippen LogP contribution < -0.4 is 5.32 Å². The number of unbranched alkanes of at least 4 members (excludes halogenated alkanes) is 1. The summed E-state index contributed by atoms with van der Waals surface area (Å²) in [5.41, 5.74) is 0. The van der Waals surface area contributed by atoms with E-state index in [0.717, 1.165) is 5.41 Å². The number of nitrogens with one attached hydrogen (secondary N) is 1. The molecular weight excluding hydrogens is 274 g/mol. The molecule has 19 heavy (non-hydrogen) atoms. The summed E-state index contributed by atoms with van der Waals surface area (Å²) in [5.74, 6) is 0.0449. The van der Waals surface area contributed by atoms with Crippen LogP contribution in [-0.2, 0) is 19.3 Å². The second kappa shape index (κ2) is 8.13. The van der Waals surface area contributed by atoms with Crippen LogP contribution in [0.3, 0.4) is 0 Å². The van der Waals surface area contributed by atoms with E-state index in [9.17, 15) is 13.2 Å². The van der Waals surface area contributed by atoms with Crippen LogP contribution in [0.15, 0.2) is 11.5 Å². The van der Waals surface area contributed by atoms with Gasteiger partial charge in [-0.15, -0.1) is 0 Å². The minimum atomic E-state index is -3.27. The molecule has 1 fully saturated rings. The molecule has 7 nitrogen and oxygen atoms in total. The van der Waals surface area contributed by atoms with Gasteiger partial charge in [-0.1, -0.05) is 6.08 Å². The monoisotopic (exact) mass is 293 g/mol. The van der Waals surface area contributed by atoms with Crippen LogP contribution >= 0.6 is 0 Å². The second-order valence-electron chi connectivity index (χ2n) is 4.09. The number of amides is 1. The van der Waals surface area contributed by atoms with Crippen LogP contribution in [0.4, 0.5) is 4.79 Å². The van der Waals surface area contributed by atoms with Gasteiger partial charge in [-0.3, -0.25) is 0 Å². The van der Waals surface area contributed by atoms with Crippen molar-refractivity contribution in [3.8, 4) is 0 Å². The van der Waals surface area contributed by atoms with Gasteiger partial charge in [0.1, 0.15) is 0 Å². The number of hydrogen-bond acceptors (Lipinski definition) is 5. The first-order valence-corrected chi connectivity index (χ1v) is 7.80. The fraction of sp³-hybridized carbons (Fsp3) is 0.727. The lowest BCUT2D eigenvalue weighted by Crippen LogP contribution is -2.20. The summed E-state index contributed by atoms with van der Waals surface area (Å²) in [6, 6.07) is 0. The Kier molecular flexibility index (Phi) is 6.82. The molecule has 0 aromatic rings. The Labute approximate surface area is 112 Å². The molecule has 1 saturated heterocycles. The van der Waals surface area contributed by atoms with Crippen molar-refractivity contribution < 1.29 is 27.8 Å². The summed E-state index contributed by atoms with van der Waals surface area (Å²) < 4.78 is 33.6. The number of sulfone groups is 1. The number of ether oxygens (including phenoxy) is 2. The zero-order valence-electron chi connectivity index (χ0n) is 10.6. The highest BCUT2D eigenvalue weighted by Crippen LogP contribution is 2.12. The van der Waals surface area contributed by atoms with Gasteiger partial charge in [-0.25, -0.2) is 13.2 Å². The molecule has 1 aliphatic heterocycles. The van der Waals surface area contributed by atoms with Crippen molar-refractivity contribution in [2.45, 2.75) is 25.6 Å². The third kappa shape index (κ3) is 7.81. The lowest BCUT2D eigenvalue weighted by atomic mass is 10.2. The Morgan fingerprint density at radius 3 is 2.63 bits per heavy atom. The predicted octanol–water partition coefficient (Wildman–Crippen LogP) is 0.726. The highest BCUT2D eigenvalue weighted by Gasteiger charge is 2.15. The highest BCUT2D eigenvalue weighted by atomic mass is 32.2. The minimum Gasteiger partial charge on any atom is -0.465 e. The van der Waals surface area contributed by atoms with E-state index in [-0.39, 0.29) is 18.6 Å². The van der Waals surface area contributed by atoms with E-state index in [0.29, 0.717) is 32.5 Å². The fourth-order valence-electron chi connectivity index (χ4n) is 1.60. The first kappa shape index (κ1) is 15.9. The molecule has 8 heteroatoms. The first-order chi connectivity index (χ1) is 8.99. The van der Waals surface area contributed by atoms with Crippen molar-refractivity contribution in [3.63, 3.8) is 0 Å². The Balaban J connectivity index is 2.13. The van der Waals surface area contributed by atoms with Gasteiger partial charge >= 0.3 is 6.09 Å². The van der Waals surface area contributed by atoms with E-state index in [1.165, 1.54) is 6.08 Å². The predicted molar refractivity (Wildman–Crippen MR) is 68.5 cm³/mol. The molecule has 0 aromatic carbocycles. The molecule has 0 aromatic heterocycles. The molecule has 110 valence electrons. The molecule has 0 spiro atoms. The molecule has 0 saturated carbocycles. The van der Waals surface area contributed by atoms with Crippen LogP contribution in [0.25, 0.3) is 0 Å². The van der Waals surface area contributed by atoms with Gasteiger partial charge in [-0.05, 0) is 19.3 Å². The number of rotatable bonds is 8. The molecule has 0 bridgehead atoms. The summed E-state index contributed by atoms with van der Waals surface area (Å²) in [4.78, 5) is 10.1. The molecule has 1 heterocycles. The van der Waals surface area contributed by atoms with Crippen LogP contribution in [0, 0.1) is 0 Å². The molecule has 1 rings (SSSR count). The molecule has 0 unspecified atom stereocenters. The van der Waals surface area contributed by atoms with Gasteiger partial charge < -0.3 is 19.9 Å². The zero-order valence-corrected chi connectivity index (χ0v) is 11.4. The van der Waals surface area contributed by atoms with E-state index in [2.05, 4.69) is 5.32 Å². The van der Waals surface area contributed by atoms with Gasteiger partial charge in [0, 0.05) is 12.0 Å². The van der Waals surface area contributed by atoms with Crippen molar-refractivity contribution in [1.82, 2.24) is 5.32 Å². The lowest BCUT2D eigenvalue weighted by Gasteiger charge is -2.07. The van der Waals surface area contributed by atoms with Gasteiger partial charge in [-0.2, -0.15) is 0 Å². The van der Waals surface area contributed by atoms with Gasteiger partial charge in [0.25, 0.3) is 0 Å². The molecular formula is C11H19NO6S. The third-order valence-corrected chi connectivity index (χ3v) is 3.95. The summed E-state index contributed by atoms with van der Waals surface area (Å²) >= 11 is 0. The largest absolute Gasteiger partial charge is 0.465 e. The first-order valence-electron chi connectivity index (χ1n) is 6.09. The molecule has 0 aliphatic carbocycles. The van der Waals surface area contributed by atoms with E-state index in [1.807, 2.05) is 0 Å². The van der Waals surface area contributed by atoms with E-state index < -0.39 is 15.9 Å². The minimum absolute atomic E-state index is 0.0156. The highest BCUT2D eigenvalue weighted by molar-refractivity contribution is 7.94. The smallest absolute Gasteiger partial charge is 0.404 e. The third-order valence-electron chi connectivity index (χ3n) is 2.48. The van der Waals surface area contributed by atoms with Crippen molar-refractivity contribution in [2.75, 3.05) is 25.5 Å². The Hall–Kier alpha value is -1.12. The van der Waals surface area contributed by atoms with Crippen molar-refractivity contribution in [1.29, 1.82) is 0 Å². The van der Waals surface area contributed by atoms with Gasteiger partial charge in [0.15, 0.2) is 16.1 Å². The topological polar surface area (TPSA) is 102 Å². The molecule has 0 atom stereocenters.